The highest BCUT2D eigenvalue weighted by Crippen LogP contribution is 2.06. The van der Waals surface area contributed by atoms with Crippen molar-refractivity contribution in [1.29, 1.82) is 0 Å². The van der Waals surface area contributed by atoms with Gasteiger partial charge in [-0.15, -0.1) is 11.8 Å². The maximum Gasteiger partial charge on any atom is 0.314 e. The molecular formula is C11H18N2O4. The molecule has 0 aliphatic heterocycles. The largest absolute Gasteiger partial charge is 0.481 e. The predicted molar refractivity (Wildman–Crippen MR) is 62.3 cm³/mol. The van der Waals surface area contributed by atoms with Crippen LogP contribution in [0.1, 0.15) is 26.7 Å². The number of carbonyl (C=O) groups is 2. The molecule has 0 fully saturated rings. The maximum absolute atomic E-state index is 11.2. The number of hydrogen-bond donors (Lipinski definition) is 4. The van der Waals surface area contributed by atoms with Gasteiger partial charge in [-0.25, -0.2) is 4.79 Å². The van der Waals surface area contributed by atoms with Gasteiger partial charge in [0.2, 0.25) is 0 Å². The van der Waals surface area contributed by atoms with Gasteiger partial charge >= 0.3 is 12.0 Å². The average Bonchev–Trinajstić information content (AvgIpc) is 2.20. The molecule has 0 aromatic rings. The zero-order valence-electron chi connectivity index (χ0n) is 10.0. The second kappa shape index (κ2) is 7.52. The van der Waals surface area contributed by atoms with Crippen LogP contribution in [0, 0.1) is 11.8 Å². The lowest BCUT2D eigenvalue weighted by molar-refractivity contribution is -0.141. The minimum absolute atomic E-state index is 0.120. The SMILES string of the molecule is CC#CCCNC(=O)NCC(C)(O)CC(=O)O. The number of carboxylic acids is 1. The fourth-order valence-electron chi connectivity index (χ4n) is 1.09. The van der Waals surface area contributed by atoms with Gasteiger partial charge in [0.25, 0.3) is 0 Å². The van der Waals surface area contributed by atoms with E-state index in [1.807, 2.05) is 0 Å². The summed E-state index contributed by atoms with van der Waals surface area (Å²) in [6, 6.07) is -0.450. The molecule has 0 aromatic carbocycles. The fourth-order valence-corrected chi connectivity index (χ4v) is 1.09. The molecule has 0 aliphatic rings. The lowest BCUT2D eigenvalue weighted by atomic mass is 10.0. The smallest absolute Gasteiger partial charge is 0.314 e. The Morgan fingerprint density at radius 1 is 1.35 bits per heavy atom. The van der Waals surface area contributed by atoms with E-state index in [-0.39, 0.29) is 6.54 Å². The number of aliphatic hydroxyl groups is 1. The molecule has 17 heavy (non-hydrogen) atoms. The van der Waals surface area contributed by atoms with Crippen molar-refractivity contribution in [1.82, 2.24) is 10.6 Å². The van der Waals surface area contributed by atoms with Crippen LogP contribution < -0.4 is 10.6 Å². The average molecular weight is 242 g/mol. The van der Waals surface area contributed by atoms with Gasteiger partial charge in [0, 0.05) is 19.5 Å². The van der Waals surface area contributed by atoms with E-state index in [9.17, 15) is 14.7 Å². The van der Waals surface area contributed by atoms with Crippen molar-refractivity contribution in [2.75, 3.05) is 13.1 Å². The maximum atomic E-state index is 11.2. The molecule has 1 unspecified atom stereocenters. The molecule has 0 heterocycles. The predicted octanol–water partition coefficient (Wildman–Crippen LogP) is -0.0753. The van der Waals surface area contributed by atoms with E-state index < -0.39 is 24.0 Å². The first kappa shape index (κ1) is 15.3. The van der Waals surface area contributed by atoms with Gasteiger partial charge in [-0.05, 0) is 13.8 Å². The van der Waals surface area contributed by atoms with E-state index >= 15 is 0 Å². The van der Waals surface area contributed by atoms with Gasteiger partial charge in [0.15, 0.2) is 0 Å². The first-order valence-electron chi connectivity index (χ1n) is 5.23. The first-order valence-corrected chi connectivity index (χ1v) is 5.23. The van der Waals surface area contributed by atoms with Crippen LogP contribution in [0.4, 0.5) is 4.79 Å². The second-order valence-corrected chi connectivity index (χ2v) is 3.85. The summed E-state index contributed by atoms with van der Waals surface area (Å²) >= 11 is 0. The molecule has 0 spiro atoms. The Kier molecular flexibility index (Phi) is 6.75. The highest BCUT2D eigenvalue weighted by Gasteiger charge is 2.24. The molecular weight excluding hydrogens is 224 g/mol. The monoisotopic (exact) mass is 242 g/mol. The van der Waals surface area contributed by atoms with E-state index in [2.05, 4.69) is 22.5 Å². The van der Waals surface area contributed by atoms with Crippen LogP contribution in [0.25, 0.3) is 0 Å². The summed E-state index contributed by atoms with van der Waals surface area (Å²) in [4.78, 5) is 21.6. The minimum Gasteiger partial charge on any atom is -0.481 e. The normalized spacial score (nSPS) is 12.9. The highest BCUT2D eigenvalue weighted by molar-refractivity contribution is 5.74. The van der Waals surface area contributed by atoms with E-state index in [0.29, 0.717) is 13.0 Å². The Bertz CT molecular complexity index is 328. The number of nitrogens with one attached hydrogen (secondary N) is 2. The molecule has 0 saturated heterocycles. The summed E-state index contributed by atoms with van der Waals surface area (Å²) in [6.45, 7) is 3.35. The van der Waals surface area contributed by atoms with Gasteiger partial charge in [0.05, 0.1) is 12.0 Å². The standard InChI is InChI=1S/C11H18N2O4/c1-3-4-5-6-12-10(16)13-8-11(2,17)7-9(14)15/h17H,5-8H2,1-2H3,(H,14,15)(H2,12,13,16). The zero-order valence-corrected chi connectivity index (χ0v) is 10.0. The molecule has 0 rings (SSSR count). The quantitative estimate of drug-likeness (QED) is 0.387. The van der Waals surface area contributed by atoms with E-state index in [1.165, 1.54) is 6.92 Å². The molecule has 0 aromatic heterocycles. The van der Waals surface area contributed by atoms with Crippen molar-refractivity contribution in [3.63, 3.8) is 0 Å². The Morgan fingerprint density at radius 3 is 2.53 bits per heavy atom. The molecule has 1 atom stereocenters. The number of carbonyl (C=O) groups excluding carboxylic acids is 1. The summed E-state index contributed by atoms with van der Waals surface area (Å²) in [6.07, 6.45) is 0.129. The van der Waals surface area contributed by atoms with Crippen molar-refractivity contribution in [2.45, 2.75) is 32.3 Å². The molecule has 0 saturated carbocycles. The molecule has 6 heteroatoms. The van der Waals surface area contributed by atoms with Gasteiger partial charge in [-0.1, -0.05) is 0 Å². The third-order valence-electron chi connectivity index (χ3n) is 1.87. The number of aliphatic carboxylic acids is 1. The van der Waals surface area contributed by atoms with Gasteiger partial charge in [-0.3, -0.25) is 4.79 Å². The number of carboxylic acid groups (broad SMARTS) is 1. The Morgan fingerprint density at radius 2 is 2.00 bits per heavy atom. The van der Waals surface area contributed by atoms with Crippen molar-refractivity contribution in [3.8, 4) is 11.8 Å². The van der Waals surface area contributed by atoms with Crippen LogP contribution >= 0.6 is 0 Å². The molecule has 2 amide bonds. The molecule has 0 radical (unpaired) electrons. The molecule has 96 valence electrons. The van der Waals surface area contributed by atoms with Crippen LogP contribution in [0.2, 0.25) is 0 Å². The van der Waals surface area contributed by atoms with Gasteiger partial charge in [-0.2, -0.15) is 0 Å². The van der Waals surface area contributed by atoms with Crippen LogP contribution in [0.15, 0.2) is 0 Å². The summed E-state index contributed by atoms with van der Waals surface area (Å²) in [5, 5.41) is 23.0. The summed E-state index contributed by atoms with van der Waals surface area (Å²) < 4.78 is 0. The van der Waals surface area contributed by atoms with Crippen molar-refractivity contribution in [2.24, 2.45) is 0 Å². The number of amides is 2. The van der Waals surface area contributed by atoms with Crippen LogP contribution in [-0.2, 0) is 4.79 Å². The lowest BCUT2D eigenvalue weighted by Crippen LogP contribution is -2.45. The third kappa shape index (κ3) is 9.20. The number of hydrogen-bond acceptors (Lipinski definition) is 3. The fraction of sp³-hybridized carbons (Fsp3) is 0.636. The summed E-state index contributed by atoms with van der Waals surface area (Å²) in [5.41, 5.74) is -1.45. The molecule has 0 bridgehead atoms. The number of rotatable bonds is 6. The van der Waals surface area contributed by atoms with Gasteiger partial charge in [0.1, 0.15) is 0 Å². The van der Waals surface area contributed by atoms with Crippen LogP contribution in [0.3, 0.4) is 0 Å². The minimum atomic E-state index is -1.45. The lowest BCUT2D eigenvalue weighted by Gasteiger charge is -2.21. The molecule has 6 nitrogen and oxygen atoms in total. The van der Waals surface area contributed by atoms with Gasteiger partial charge < -0.3 is 20.8 Å². The molecule has 4 N–H and O–H groups in total. The zero-order chi connectivity index (χ0) is 13.3. The topological polar surface area (TPSA) is 98.7 Å². The molecule has 0 aliphatic carbocycles. The summed E-state index contributed by atoms with van der Waals surface area (Å²) in [5.74, 6) is 4.36. The first-order chi connectivity index (χ1) is 7.87. The van der Waals surface area contributed by atoms with Crippen molar-refractivity contribution in [3.05, 3.63) is 0 Å². The Balaban J connectivity index is 3.81. The van der Waals surface area contributed by atoms with Crippen LogP contribution in [-0.4, -0.2) is 40.9 Å². The highest BCUT2D eigenvalue weighted by atomic mass is 16.4. The second-order valence-electron chi connectivity index (χ2n) is 3.85. The van der Waals surface area contributed by atoms with Crippen molar-refractivity contribution >= 4 is 12.0 Å². The van der Waals surface area contributed by atoms with E-state index in [1.54, 1.807) is 6.92 Å². The summed E-state index contributed by atoms with van der Waals surface area (Å²) in [7, 11) is 0. The van der Waals surface area contributed by atoms with E-state index in [0.717, 1.165) is 0 Å². The number of urea groups is 1. The Labute approximate surface area is 100 Å². The van der Waals surface area contributed by atoms with Crippen molar-refractivity contribution < 1.29 is 19.8 Å². The Hall–Kier alpha value is -1.74. The van der Waals surface area contributed by atoms with E-state index in [4.69, 9.17) is 5.11 Å². The van der Waals surface area contributed by atoms with Crippen LogP contribution in [0.5, 0.6) is 0 Å². The third-order valence-corrected chi connectivity index (χ3v) is 1.87.